The van der Waals surface area contributed by atoms with Crippen molar-refractivity contribution in [2.75, 3.05) is 18.9 Å². The summed E-state index contributed by atoms with van der Waals surface area (Å²) < 4.78 is 50.2. The van der Waals surface area contributed by atoms with E-state index in [9.17, 15) is 24.2 Å². The standard InChI is InChI=1S/C31H39N6O10P/c1-7-42-30(40)20(6)36-48(41,47-21-11-9-8-10-12-21)43-15-23-25(44-28(38)18(2)3)26(45-29(39)19(4)5)31(16-32,46-23)24-14-13-22-27(33)34-17-35-37(22)24/h8-14,17-20,23,25-26H,7,15H2,1-6H3,(H,36,41)(H2,33,34,35)/t20-,23+,25+,26+,31-,48?/m0/s1. The third-order valence-electron chi connectivity index (χ3n) is 7.24. The second-order valence-electron chi connectivity index (χ2n) is 11.5. The molecule has 48 heavy (non-hydrogen) atoms. The second-order valence-corrected chi connectivity index (χ2v) is 13.2. The maximum Gasteiger partial charge on any atom is 0.459 e. The molecule has 17 heteroatoms. The van der Waals surface area contributed by atoms with Crippen molar-refractivity contribution < 1.29 is 46.9 Å². The van der Waals surface area contributed by atoms with E-state index in [2.05, 4.69) is 21.2 Å². The summed E-state index contributed by atoms with van der Waals surface area (Å²) >= 11 is 0. The molecule has 16 nitrogen and oxygen atoms in total. The van der Waals surface area contributed by atoms with Crippen LogP contribution in [0.15, 0.2) is 48.8 Å². The van der Waals surface area contributed by atoms with Crippen LogP contribution in [0, 0.1) is 23.2 Å². The average Bonchev–Trinajstić information content (AvgIpc) is 3.61. The second kappa shape index (κ2) is 15.1. The summed E-state index contributed by atoms with van der Waals surface area (Å²) in [7, 11) is -4.43. The third kappa shape index (κ3) is 7.77. The van der Waals surface area contributed by atoms with Crippen molar-refractivity contribution in [1.82, 2.24) is 19.7 Å². The molecule has 1 aromatic carbocycles. The first-order chi connectivity index (χ1) is 22.7. The Kier molecular flexibility index (Phi) is 11.4. The van der Waals surface area contributed by atoms with Gasteiger partial charge in [0.2, 0.25) is 5.60 Å². The molecule has 3 aromatic rings. The van der Waals surface area contributed by atoms with E-state index in [1.54, 1.807) is 58.9 Å². The largest absolute Gasteiger partial charge is 0.465 e. The van der Waals surface area contributed by atoms with Crippen LogP contribution in [0.2, 0.25) is 0 Å². The van der Waals surface area contributed by atoms with Gasteiger partial charge >= 0.3 is 25.7 Å². The molecule has 0 spiro atoms. The van der Waals surface area contributed by atoms with Crippen LogP contribution in [0.1, 0.15) is 47.2 Å². The summed E-state index contributed by atoms with van der Waals surface area (Å²) in [5.41, 5.74) is 4.31. The van der Waals surface area contributed by atoms with Crippen molar-refractivity contribution in [1.29, 1.82) is 5.26 Å². The molecule has 6 atom stereocenters. The molecule has 1 saturated heterocycles. The highest BCUT2D eigenvalue weighted by atomic mass is 31.2. The number of aromatic nitrogens is 3. The molecule has 0 amide bonds. The number of nitrogens with zero attached hydrogens (tertiary/aromatic N) is 4. The molecule has 1 aliphatic rings. The van der Waals surface area contributed by atoms with E-state index in [-0.39, 0.29) is 23.9 Å². The van der Waals surface area contributed by atoms with Crippen molar-refractivity contribution >= 4 is 37.0 Å². The minimum absolute atomic E-state index is 0.0755. The fraction of sp³-hybridized carbons (Fsp3) is 0.484. The lowest BCUT2D eigenvalue weighted by molar-refractivity contribution is -0.173. The van der Waals surface area contributed by atoms with Gasteiger partial charge in [-0.05, 0) is 38.1 Å². The lowest BCUT2D eigenvalue weighted by Gasteiger charge is -2.29. The monoisotopic (exact) mass is 686 g/mol. The fourth-order valence-corrected chi connectivity index (χ4v) is 6.28. The van der Waals surface area contributed by atoms with Gasteiger partial charge in [-0.3, -0.25) is 18.9 Å². The van der Waals surface area contributed by atoms with E-state index in [4.69, 9.17) is 33.7 Å². The molecule has 258 valence electrons. The predicted molar refractivity (Wildman–Crippen MR) is 169 cm³/mol. The van der Waals surface area contributed by atoms with Gasteiger partial charge in [0.15, 0.2) is 18.0 Å². The number of ether oxygens (including phenoxy) is 4. The number of rotatable bonds is 14. The summed E-state index contributed by atoms with van der Waals surface area (Å²) in [5, 5.41) is 17.6. The van der Waals surface area contributed by atoms with Crippen LogP contribution in [0.5, 0.6) is 5.75 Å². The number of fused-ring (bicyclic) bond motifs is 1. The molecule has 0 radical (unpaired) electrons. The van der Waals surface area contributed by atoms with Gasteiger partial charge in [0.05, 0.1) is 30.7 Å². The number of carbonyl (C=O) groups is 3. The molecule has 0 saturated carbocycles. The lowest BCUT2D eigenvalue weighted by atomic mass is 9.92. The van der Waals surface area contributed by atoms with Gasteiger partial charge in [-0.25, -0.2) is 14.1 Å². The normalized spacial score (nSPS) is 22.5. The van der Waals surface area contributed by atoms with Crippen LogP contribution >= 0.6 is 7.75 Å². The van der Waals surface area contributed by atoms with Gasteiger partial charge in [-0.15, -0.1) is 0 Å². The molecular weight excluding hydrogens is 647 g/mol. The summed E-state index contributed by atoms with van der Waals surface area (Å²) in [6.45, 7) is 8.85. The molecule has 1 aliphatic heterocycles. The maximum atomic E-state index is 14.2. The Labute approximate surface area is 277 Å². The number of para-hydroxylation sites is 1. The highest BCUT2D eigenvalue weighted by molar-refractivity contribution is 7.52. The number of anilines is 1. The first-order valence-corrected chi connectivity index (χ1v) is 16.8. The quantitative estimate of drug-likeness (QED) is 0.141. The number of nitrogens with one attached hydrogen (secondary N) is 1. The zero-order valence-electron chi connectivity index (χ0n) is 27.4. The molecule has 2 aromatic heterocycles. The molecule has 1 fully saturated rings. The Morgan fingerprint density at radius 3 is 2.35 bits per heavy atom. The molecule has 3 heterocycles. The number of nitrogens with two attached hydrogens (primary N) is 1. The smallest absolute Gasteiger partial charge is 0.459 e. The number of carbonyl (C=O) groups excluding carboxylic acids is 3. The molecule has 0 bridgehead atoms. The van der Waals surface area contributed by atoms with Crippen molar-refractivity contribution in [3.8, 4) is 11.8 Å². The number of hydrogen-bond acceptors (Lipinski definition) is 14. The van der Waals surface area contributed by atoms with Crippen LogP contribution in [-0.4, -0.2) is 70.1 Å². The minimum Gasteiger partial charge on any atom is -0.465 e. The van der Waals surface area contributed by atoms with E-state index in [1.165, 1.54) is 36.0 Å². The zero-order chi connectivity index (χ0) is 35.2. The Balaban J connectivity index is 1.79. The number of nitrogen functional groups attached to an aromatic ring is 1. The lowest BCUT2D eigenvalue weighted by Crippen LogP contribution is -2.47. The number of benzene rings is 1. The first kappa shape index (κ1) is 36.3. The molecule has 1 unspecified atom stereocenters. The SMILES string of the molecule is CCOC(=O)[C@H](C)NP(=O)(OC[C@H]1O[C@@](C#N)(c2ccc3c(N)ncnn23)[C@H](OC(=O)C(C)C)[C@@H]1OC(=O)C(C)C)Oc1ccccc1. The third-order valence-corrected chi connectivity index (χ3v) is 8.88. The Hall–Kier alpha value is -4.55. The van der Waals surface area contributed by atoms with Gasteiger partial charge in [-0.2, -0.15) is 15.4 Å². The van der Waals surface area contributed by atoms with Gasteiger partial charge in [0.1, 0.15) is 35.8 Å². The van der Waals surface area contributed by atoms with E-state index >= 15 is 0 Å². The van der Waals surface area contributed by atoms with Gasteiger partial charge in [0, 0.05) is 0 Å². The van der Waals surface area contributed by atoms with Crippen molar-refractivity contribution in [3.05, 3.63) is 54.5 Å². The highest BCUT2D eigenvalue weighted by Gasteiger charge is 2.63. The first-order valence-electron chi connectivity index (χ1n) is 15.3. The molecule has 0 aliphatic carbocycles. The molecular formula is C31H39N6O10P. The van der Waals surface area contributed by atoms with E-state index < -0.39 is 74.1 Å². The zero-order valence-corrected chi connectivity index (χ0v) is 28.3. The number of nitriles is 1. The summed E-state index contributed by atoms with van der Waals surface area (Å²) in [5.74, 6) is -3.16. The molecule has 3 N–H and O–H groups in total. The van der Waals surface area contributed by atoms with Crippen molar-refractivity contribution in [3.63, 3.8) is 0 Å². The Morgan fingerprint density at radius 2 is 1.73 bits per heavy atom. The fourth-order valence-electron chi connectivity index (χ4n) is 4.77. The van der Waals surface area contributed by atoms with E-state index in [1.807, 2.05) is 0 Å². The number of hydrogen-bond donors (Lipinski definition) is 2. The minimum atomic E-state index is -4.43. The van der Waals surface area contributed by atoms with Crippen LogP contribution in [-0.2, 0) is 48.0 Å². The molecule has 4 rings (SSSR count). The number of esters is 3. The predicted octanol–water partition coefficient (Wildman–Crippen LogP) is 3.31. The summed E-state index contributed by atoms with van der Waals surface area (Å²) in [6.07, 6.45) is -3.23. The Bertz CT molecular complexity index is 1710. The summed E-state index contributed by atoms with van der Waals surface area (Å²) in [6, 6.07) is 12.1. The van der Waals surface area contributed by atoms with Crippen molar-refractivity contribution in [2.45, 2.75) is 71.5 Å². The van der Waals surface area contributed by atoms with Gasteiger partial charge in [0.25, 0.3) is 0 Å². The topological polar surface area (TPSA) is 216 Å². The Morgan fingerprint density at radius 1 is 1.06 bits per heavy atom. The maximum absolute atomic E-state index is 14.2. The van der Waals surface area contributed by atoms with E-state index in [0.717, 1.165) is 0 Å². The van der Waals surface area contributed by atoms with Gasteiger partial charge in [-0.1, -0.05) is 45.9 Å². The van der Waals surface area contributed by atoms with Crippen LogP contribution in [0.4, 0.5) is 5.82 Å². The van der Waals surface area contributed by atoms with E-state index in [0.29, 0.717) is 5.52 Å². The summed E-state index contributed by atoms with van der Waals surface area (Å²) in [4.78, 5) is 42.6. The van der Waals surface area contributed by atoms with Crippen LogP contribution < -0.4 is 15.3 Å². The van der Waals surface area contributed by atoms with Crippen LogP contribution in [0.25, 0.3) is 5.52 Å². The van der Waals surface area contributed by atoms with Crippen LogP contribution in [0.3, 0.4) is 0 Å². The van der Waals surface area contributed by atoms with Gasteiger partial charge < -0.3 is 29.2 Å². The van der Waals surface area contributed by atoms with Crippen molar-refractivity contribution in [2.24, 2.45) is 11.8 Å². The highest BCUT2D eigenvalue weighted by Crippen LogP contribution is 2.48. The average molecular weight is 687 g/mol.